The maximum atomic E-state index is 11.3. The molecule has 0 bridgehead atoms. The lowest BCUT2D eigenvalue weighted by Crippen LogP contribution is -1.97. The summed E-state index contributed by atoms with van der Waals surface area (Å²) >= 11 is 0. The van der Waals surface area contributed by atoms with Gasteiger partial charge in [0.2, 0.25) is 0 Å². The van der Waals surface area contributed by atoms with Gasteiger partial charge in [0.05, 0.1) is 12.8 Å². The van der Waals surface area contributed by atoms with E-state index in [1.807, 2.05) is 53.2 Å². The van der Waals surface area contributed by atoms with Crippen LogP contribution in [-0.4, -0.2) is 22.6 Å². The molecule has 0 aliphatic heterocycles. The Hall–Kier alpha value is -2.88. The van der Waals surface area contributed by atoms with E-state index < -0.39 is 0 Å². The number of pyridine rings is 1. The molecule has 0 aliphatic rings. The summed E-state index contributed by atoms with van der Waals surface area (Å²) in [4.78, 5) is 15.7. The Morgan fingerprint density at radius 1 is 1.19 bits per heavy atom. The summed E-state index contributed by atoms with van der Waals surface area (Å²) in [5, 5.41) is 1.07. The largest absolute Gasteiger partial charge is 0.466 e. The predicted molar refractivity (Wildman–Crippen MR) is 82.1 cm³/mol. The van der Waals surface area contributed by atoms with Crippen LogP contribution >= 0.6 is 0 Å². The molecule has 0 spiro atoms. The number of benzene rings is 1. The Bertz CT molecular complexity index is 818. The number of carbonyl (C=O) groups excluding carboxylic acids is 1. The summed E-state index contributed by atoms with van der Waals surface area (Å²) in [6.45, 7) is 0. The highest BCUT2D eigenvalue weighted by Gasteiger charge is 2.06. The second-order valence-electron chi connectivity index (χ2n) is 4.52. The van der Waals surface area contributed by atoms with Crippen molar-refractivity contribution in [3.8, 4) is 5.69 Å². The number of fused-ring (bicyclic) bond motifs is 1. The molecule has 0 fully saturated rings. The van der Waals surface area contributed by atoms with Gasteiger partial charge in [-0.2, -0.15) is 0 Å². The zero-order chi connectivity index (χ0) is 14.7. The minimum atomic E-state index is -0.375. The van der Waals surface area contributed by atoms with Crippen LogP contribution < -0.4 is 0 Å². The fraction of sp³-hybridized carbons (Fsp3) is 0.0588. The number of aromatic nitrogens is 2. The first-order valence-corrected chi connectivity index (χ1v) is 6.57. The van der Waals surface area contributed by atoms with E-state index in [0.717, 1.165) is 22.3 Å². The van der Waals surface area contributed by atoms with Crippen LogP contribution in [0.5, 0.6) is 0 Å². The van der Waals surface area contributed by atoms with Gasteiger partial charge in [0, 0.05) is 23.9 Å². The van der Waals surface area contributed by atoms with Crippen molar-refractivity contribution in [2.45, 2.75) is 0 Å². The zero-order valence-corrected chi connectivity index (χ0v) is 11.6. The molecule has 3 rings (SSSR count). The number of rotatable bonds is 3. The zero-order valence-electron chi connectivity index (χ0n) is 11.6. The lowest BCUT2D eigenvalue weighted by atomic mass is 10.1. The molecular formula is C17H14N2O2. The molecule has 1 aromatic carbocycles. The second kappa shape index (κ2) is 5.63. The normalized spacial score (nSPS) is 11.1. The van der Waals surface area contributed by atoms with E-state index in [1.54, 1.807) is 12.3 Å². The Morgan fingerprint density at radius 2 is 2.05 bits per heavy atom. The number of ether oxygens (including phenoxy) is 1. The molecule has 4 nitrogen and oxygen atoms in total. The van der Waals surface area contributed by atoms with E-state index in [0.29, 0.717) is 0 Å². The Balaban J connectivity index is 2.11. The summed E-state index contributed by atoms with van der Waals surface area (Å²) in [7, 11) is 1.36. The van der Waals surface area contributed by atoms with Crippen molar-refractivity contribution in [1.82, 2.24) is 9.55 Å². The van der Waals surface area contributed by atoms with Crippen LogP contribution in [0, 0.1) is 0 Å². The summed E-state index contributed by atoms with van der Waals surface area (Å²) < 4.78 is 6.63. The molecule has 0 saturated carbocycles. The van der Waals surface area contributed by atoms with Gasteiger partial charge in [-0.05, 0) is 35.9 Å². The third-order valence-corrected chi connectivity index (χ3v) is 3.24. The predicted octanol–water partition coefficient (Wildman–Crippen LogP) is 3.21. The fourth-order valence-electron chi connectivity index (χ4n) is 2.23. The number of esters is 1. The van der Waals surface area contributed by atoms with Crippen LogP contribution in [0.4, 0.5) is 0 Å². The Labute approximate surface area is 122 Å². The van der Waals surface area contributed by atoms with Crippen molar-refractivity contribution in [1.29, 1.82) is 0 Å². The highest BCUT2D eigenvalue weighted by atomic mass is 16.5. The average molecular weight is 278 g/mol. The SMILES string of the molecule is COC(=O)/C=C/c1ccccc1-n1ccc2cccnc21. The molecule has 0 saturated heterocycles. The Kier molecular flexibility index (Phi) is 3.51. The first-order chi connectivity index (χ1) is 10.3. The van der Waals surface area contributed by atoms with Crippen molar-refractivity contribution in [2.75, 3.05) is 7.11 Å². The van der Waals surface area contributed by atoms with Gasteiger partial charge in [0.1, 0.15) is 5.65 Å². The minimum Gasteiger partial charge on any atom is -0.466 e. The van der Waals surface area contributed by atoms with Gasteiger partial charge in [-0.15, -0.1) is 0 Å². The van der Waals surface area contributed by atoms with Crippen LogP contribution in [-0.2, 0) is 9.53 Å². The fourth-order valence-corrected chi connectivity index (χ4v) is 2.23. The average Bonchev–Trinajstić information content (AvgIpc) is 2.96. The third-order valence-electron chi connectivity index (χ3n) is 3.24. The number of hydrogen-bond donors (Lipinski definition) is 0. The van der Waals surface area contributed by atoms with Gasteiger partial charge < -0.3 is 9.30 Å². The van der Waals surface area contributed by atoms with Crippen LogP contribution in [0.3, 0.4) is 0 Å². The highest BCUT2D eigenvalue weighted by molar-refractivity contribution is 5.88. The molecule has 0 amide bonds. The first-order valence-electron chi connectivity index (χ1n) is 6.57. The molecule has 0 radical (unpaired) electrons. The molecule has 0 unspecified atom stereocenters. The van der Waals surface area contributed by atoms with Crippen LogP contribution in [0.2, 0.25) is 0 Å². The van der Waals surface area contributed by atoms with Crippen molar-refractivity contribution in [2.24, 2.45) is 0 Å². The molecule has 104 valence electrons. The number of nitrogens with zero attached hydrogens (tertiary/aromatic N) is 2. The number of hydrogen-bond acceptors (Lipinski definition) is 3. The van der Waals surface area contributed by atoms with E-state index >= 15 is 0 Å². The number of methoxy groups -OCH3 is 1. The standard InChI is InChI=1S/C17H14N2O2/c1-21-16(20)9-8-13-5-2-3-7-15(13)19-12-10-14-6-4-11-18-17(14)19/h2-12H,1H3/b9-8+. The van der Waals surface area contributed by atoms with Crippen LogP contribution in [0.15, 0.2) is 60.9 Å². The molecule has 0 aliphatic carbocycles. The van der Waals surface area contributed by atoms with Gasteiger partial charge in [-0.3, -0.25) is 0 Å². The molecule has 2 aromatic heterocycles. The smallest absolute Gasteiger partial charge is 0.330 e. The summed E-state index contributed by atoms with van der Waals surface area (Å²) in [5.74, 6) is -0.375. The molecule has 21 heavy (non-hydrogen) atoms. The third kappa shape index (κ3) is 2.56. The number of para-hydroxylation sites is 1. The van der Waals surface area contributed by atoms with Gasteiger partial charge in [-0.1, -0.05) is 18.2 Å². The molecule has 0 atom stereocenters. The van der Waals surface area contributed by atoms with Gasteiger partial charge >= 0.3 is 5.97 Å². The highest BCUT2D eigenvalue weighted by Crippen LogP contribution is 2.22. The molecule has 4 heteroatoms. The summed E-state index contributed by atoms with van der Waals surface area (Å²) in [6.07, 6.45) is 6.90. The maximum Gasteiger partial charge on any atom is 0.330 e. The van der Waals surface area contributed by atoms with Crippen molar-refractivity contribution >= 4 is 23.1 Å². The van der Waals surface area contributed by atoms with E-state index in [2.05, 4.69) is 9.72 Å². The van der Waals surface area contributed by atoms with Crippen molar-refractivity contribution in [3.63, 3.8) is 0 Å². The maximum absolute atomic E-state index is 11.3. The Morgan fingerprint density at radius 3 is 2.90 bits per heavy atom. The second-order valence-corrected chi connectivity index (χ2v) is 4.52. The quantitative estimate of drug-likeness (QED) is 0.546. The lowest BCUT2D eigenvalue weighted by Gasteiger charge is -2.08. The molecule has 3 aromatic rings. The van der Waals surface area contributed by atoms with Crippen LogP contribution in [0.1, 0.15) is 5.56 Å². The summed E-state index contributed by atoms with van der Waals surface area (Å²) in [6, 6.07) is 13.8. The van der Waals surface area contributed by atoms with Gasteiger partial charge in [0.25, 0.3) is 0 Å². The van der Waals surface area contributed by atoms with Crippen LogP contribution in [0.25, 0.3) is 22.8 Å². The molecule has 2 heterocycles. The minimum absolute atomic E-state index is 0.375. The van der Waals surface area contributed by atoms with Crippen molar-refractivity contribution in [3.05, 3.63) is 66.5 Å². The number of carbonyl (C=O) groups is 1. The van der Waals surface area contributed by atoms with E-state index in [-0.39, 0.29) is 5.97 Å². The molecular weight excluding hydrogens is 264 g/mol. The summed E-state index contributed by atoms with van der Waals surface area (Å²) in [5.41, 5.74) is 2.77. The topological polar surface area (TPSA) is 44.1 Å². The van der Waals surface area contributed by atoms with E-state index in [1.165, 1.54) is 13.2 Å². The lowest BCUT2D eigenvalue weighted by molar-refractivity contribution is -0.134. The van der Waals surface area contributed by atoms with E-state index in [4.69, 9.17) is 0 Å². The van der Waals surface area contributed by atoms with Gasteiger partial charge in [-0.25, -0.2) is 9.78 Å². The first kappa shape index (κ1) is 13.1. The van der Waals surface area contributed by atoms with Crippen molar-refractivity contribution < 1.29 is 9.53 Å². The molecule has 0 N–H and O–H groups in total. The van der Waals surface area contributed by atoms with E-state index in [9.17, 15) is 4.79 Å². The van der Waals surface area contributed by atoms with Gasteiger partial charge in [0.15, 0.2) is 0 Å². The monoisotopic (exact) mass is 278 g/mol.